The van der Waals surface area contributed by atoms with Gasteiger partial charge in [0.25, 0.3) is 0 Å². The molecule has 4 nitrogen and oxygen atoms in total. The second kappa shape index (κ2) is 15.8. The number of ketones is 1. The number of aromatic nitrogens is 1. The minimum Gasteiger partial charge on any atom is -0.512 e. The fourth-order valence-electron chi connectivity index (χ4n) is 8.60. The van der Waals surface area contributed by atoms with E-state index in [0.29, 0.717) is 11.8 Å². The summed E-state index contributed by atoms with van der Waals surface area (Å²) in [6.45, 7) is 29.9. The van der Waals surface area contributed by atoms with E-state index in [0.717, 1.165) is 22.5 Å². The molecule has 5 heteroatoms. The summed E-state index contributed by atoms with van der Waals surface area (Å²) < 4.78 is 6.46. The number of aliphatic hydroxyl groups excluding tert-OH is 1. The summed E-state index contributed by atoms with van der Waals surface area (Å²) in [4.78, 5) is 17.9. The van der Waals surface area contributed by atoms with Gasteiger partial charge in [-0.05, 0) is 69.8 Å². The van der Waals surface area contributed by atoms with E-state index in [9.17, 15) is 9.90 Å². The summed E-state index contributed by atoms with van der Waals surface area (Å²) in [5.74, 6) is 3.12. The number of ether oxygens (including phenoxy) is 1. The van der Waals surface area contributed by atoms with Gasteiger partial charge in [-0.2, -0.15) is 0 Å². The van der Waals surface area contributed by atoms with E-state index < -0.39 is 5.41 Å². The monoisotopic (exact) mass is 893 g/mol. The molecule has 0 amide bonds. The second-order valence-electron chi connectivity index (χ2n) is 17.8. The van der Waals surface area contributed by atoms with Crippen molar-refractivity contribution in [3.63, 3.8) is 0 Å². The molecule has 0 spiro atoms. The molecule has 0 saturated carbocycles. The zero-order chi connectivity index (χ0) is 38.5. The number of carbonyl (C=O) groups excluding carboxylic acids is 1. The number of nitrogens with zero attached hydrogens (tertiary/aromatic N) is 1. The first-order valence-corrected chi connectivity index (χ1v) is 19.4. The third-order valence-corrected chi connectivity index (χ3v) is 13.4. The Morgan fingerprint density at radius 3 is 2.02 bits per heavy atom. The van der Waals surface area contributed by atoms with Crippen molar-refractivity contribution in [1.29, 1.82) is 0 Å². The van der Waals surface area contributed by atoms with Crippen molar-refractivity contribution in [3.8, 4) is 17.0 Å². The van der Waals surface area contributed by atoms with Crippen molar-refractivity contribution in [2.24, 2.45) is 34.5 Å². The van der Waals surface area contributed by atoms with E-state index in [1.807, 2.05) is 19.9 Å². The van der Waals surface area contributed by atoms with Crippen molar-refractivity contribution in [1.82, 2.24) is 4.98 Å². The number of pyridine rings is 1. The average Bonchev–Trinajstić information content (AvgIpc) is 3.60. The van der Waals surface area contributed by atoms with Gasteiger partial charge in [-0.25, -0.2) is 0 Å². The van der Waals surface area contributed by atoms with E-state index in [2.05, 4.69) is 150 Å². The Balaban J connectivity index is 0.000000253. The molecule has 1 aromatic heterocycles. The predicted molar refractivity (Wildman–Crippen MR) is 217 cm³/mol. The maximum Gasteiger partial charge on any atom is 0.165 e. The molecule has 2 heterocycles. The Labute approximate surface area is 333 Å². The third kappa shape index (κ3) is 7.42. The van der Waals surface area contributed by atoms with E-state index in [-0.39, 0.29) is 72.3 Å². The SMILES string of the molecule is CC(C)C(C)(C(=O)/C=C(\O)C(C)(C(C)C)C(C)C)C(C)C.CC(C)c1ccc2nc(-c3[c-]ccc4c3C(C)(C)C3c5ccccc5OC43)ccc2c1.[Ir]. The van der Waals surface area contributed by atoms with Crippen LogP contribution in [0.4, 0.5) is 0 Å². The number of para-hydroxylation sites is 1. The third-order valence-electron chi connectivity index (χ3n) is 13.4. The summed E-state index contributed by atoms with van der Waals surface area (Å²) in [5, 5.41) is 11.8. The van der Waals surface area contributed by atoms with Crippen LogP contribution < -0.4 is 4.74 Å². The smallest absolute Gasteiger partial charge is 0.165 e. The molecule has 2 aliphatic rings. The van der Waals surface area contributed by atoms with E-state index in [4.69, 9.17) is 9.72 Å². The van der Waals surface area contributed by atoms with Crippen LogP contribution in [0.3, 0.4) is 0 Å². The molecule has 1 N–H and O–H groups in total. The number of hydrogen-bond acceptors (Lipinski definition) is 4. The zero-order valence-corrected chi connectivity index (χ0v) is 36.9. The molecule has 0 bridgehead atoms. The Kier molecular flexibility index (Phi) is 12.7. The van der Waals surface area contributed by atoms with E-state index >= 15 is 0 Å². The van der Waals surface area contributed by atoms with Crippen LogP contribution in [0.15, 0.2) is 78.6 Å². The normalized spacial score (nSPS) is 17.8. The number of fused-ring (bicyclic) bond motifs is 6. The largest absolute Gasteiger partial charge is 0.512 e. The molecule has 6 rings (SSSR count). The van der Waals surface area contributed by atoms with Gasteiger partial charge in [0.1, 0.15) is 17.6 Å². The van der Waals surface area contributed by atoms with Crippen LogP contribution in [-0.4, -0.2) is 15.9 Å². The average molecular weight is 893 g/mol. The van der Waals surface area contributed by atoms with E-state index in [1.165, 1.54) is 33.7 Å². The van der Waals surface area contributed by atoms with Gasteiger partial charge in [-0.15, -0.1) is 29.3 Å². The second-order valence-corrected chi connectivity index (χ2v) is 17.8. The molecular weight excluding hydrogens is 831 g/mol. The van der Waals surface area contributed by atoms with Gasteiger partial charge < -0.3 is 9.84 Å². The zero-order valence-electron chi connectivity index (χ0n) is 34.5. The maximum absolute atomic E-state index is 12.8. The number of rotatable bonds is 9. The molecule has 4 aromatic rings. The van der Waals surface area contributed by atoms with Crippen LogP contribution in [0.5, 0.6) is 5.75 Å². The van der Waals surface area contributed by atoms with Crippen LogP contribution in [-0.2, 0) is 30.3 Å². The molecule has 0 saturated heterocycles. The van der Waals surface area contributed by atoms with Gasteiger partial charge in [0.05, 0.1) is 5.52 Å². The molecule has 0 fully saturated rings. The number of allylic oxidation sites excluding steroid dienone is 2. The van der Waals surface area contributed by atoms with Crippen molar-refractivity contribution < 1.29 is 34.7 Å². The topological polar surface area (TPSA) is 59.4 Å². The van der Waals surface area contributed by atoms with Crippen molar-refractivity contribution in [2.45, 2.75) is 120 Å². The van der Waals surface area contributed by atoms with Gasteiger partial charge in [-0.3, -0.25) is 9.78 Å². The minimum atomic E-state index is -0.442. The Bertz CT molecular complexity index is 1950. The van der Waals surface area contributed by atoms with E-state index in [1.54, 1.807) is 0 Å². The molecule has 1 aliphatic carbocycles. The predicted octanol–water partition coefficient (Wildman–Crippen LogP) is 13.0. The maximum atomic E-state index is 12.8. The van der Waals surface area contributed by atoms with Gasteiger partial charge in [-0.1, -0.05) is 139 Å². The molecule has 53 heavy (non-hydrogen) atoms. The van der Waals surface area contributed by atoms with Crippen molar-refractivity contribution in [3.05, 3.63) is 107 Å². The number of aliphatic hydroxyl groups is 1. The molecule has 2 unspecified atom stereocenters. The Hall–Kier alpha value is -3.27. The molecular formula is C48H62IrNO3-. The summed E-state index contributed by atoms with van der Waals surface area (Å²) in [6, 6.07) is 27.2. The summed E-state index contributed by atoms with van der Waals surface area (Å²) >= 11 is 0. The Morgan fingerprint density at radius 1 is 0.830 bits per heavy atom. The van der Waals surface area contributed by atoms with Crippen molar-refractivity contribution in [2.75, 3.05) is 0 Å². The number of hydrogen-bond donors (Lipinski definition) is 1. The first kappa shape index (κ1) is 42.5. The first-order chi connectivity index (χ1) is 24.3. The van der Waals surface area contributed by atoms with Crippen LogP contribution in [0.1, 0.15) is 137 Å². The summed E-state index contributed by atoms with van der Waals surface area (Å²) in [6.07, 6.45) is 1.56. The fourth-order valence-corrected chi connectivity index (χ4v) is 8.60. The van der Waals surface area contributed by atoms with Crippen LogP contribution in [0.25, 0.3) is 22.2 Å². The quantitative estimate of drug-likeness (QED) is 0.103. The Morgan fingerprint density at radius 2 is 1.43 bits per heavy atom. The minimum absolute atomic E-state index is 0. The number of benzene rings is 3. The van der Waals surface area contributed by atoms with Gasteiger partial charge >= 0.3 is 0 Å². The molecule has 1 radical (unpaired) electrons. The van der Waals surface area contributed by atoms with Gasteiger partial charge in [0, 0.05) is 48.5 Å². The van der Waals surface area contributed by atoms with Crippen LogP contribution in [0.2, 0.25) is 0 Å². The molecule has 287 valence electrons. The standard InChI is InChI=1S/C29H26NO.C19H36O2.Ir/c1-17(2)18-12-14-23-19(16-18)13-15-24(30-23)20-9-7-10-22-26(20)29(3,4)27-21-8-5-6-11-25(21)31-28(22)27;1-12(2)18(9,13(3)4)16(20)11-17(21)19(10,14(5)6)15(7)8;/h5-8,10-17,27-28H,1-4H3;11-15,20H,1-10H3;/q-1;;/b;16-11-;. The van der Waals surface area contributed by atoms with Crippen LogP contribution >= 0.6 is 0 Å². The van der Waals surface area contributed by atoms with Crippen LogP contribution in [0, 0.1) is 40.6 Å². The molecule has 3 aromatic carbocycles. The number of carbonyl (C=O) groups is 1. The fraction of sp³-hybridized carbons (Fsp3) is 0.500. The summed E-state index contributed by atoms with van der Waals surface area (Å²) in [7, 11) is 0. The molecule has 1 aliphatic heterocycles. The molecule has 2 atom stereocenters. The van der Waals surface area contributed by atoms with Crippen molar-refractivity contribution >= 4 is 16.7 Å². The van der Waals surface area contributed by atoms with Gasteiger partial charge in [0.15, 0.2) is 5.78 Å². The summed E-state index contributed by atoms with van der Waals surface area (Å²) in [5.41, 5.74) is 7.50. The first-order valence-electron chi connectivity index (χ1n) is 19.4. The van der Waals surface area contributed by atoms with Gasteiger partial charge in [0.2, 0.25) is 0 Å².